The van der Waals surface area contributed by atoms with Gasteiger partial charge in [0.15, 0.2) is 10.6 Å². The molecule has 0 radical (unpaired) electrons. The first-order valence-electron chi connectivity index (χ1n) is 10.6. The maximum absolute atomic E-state index is 11.5. The highest BCUT2D eigenvalue weighted by Crippen LogP contribution is 2.32. The second-order valence-corrected chi connectivity index (χ2v) is 8.86. The van der Waals surface area contributed by atoms with Crippen LogP contribution in [0.3, 0.4) is 0 Å². The molecular formula is C24H23N3O3S. The fraction of sp³-hybridized carbons (Fsp3) is 0.292. The fourth-order valence-corrected chi connectivity index (χ4v) is 5.26. The summed E-state index contributed by atoms with van der Waals surface area (Å²) in [7, 11) is 0. The summed E-state index contributed by atoms with van der Waals surface area (Å²) in [5.41, 5.74) is 2.22. The minimum atomic E-state index is -0.377. The third-order valence-corrected chi connectivity index (χ3v) is 6.80. The molecule has 31 heavy (non-hydrogen) atoms. The molecule has 1 aliphatic rings. The molecule has 1 fully saturated rings. The summed E-state index contributed by atoms with van der Waals surface area (Å²) in [6.45, 7) is 0.843. The van der Waals surface area contributed by atoms with Crippen molar-refractivity contribution in [3.8, 4) is 11.5 Å². The van der Waals surface area contributed by atoms with Gasteiger partial charge in [0, 0.05) is 23.4 Å². The number of nitrogens with zero attached hydrogens (tertiary/aromatic N) is 3. The van der Waals surface area contributed by atoms with Crippen LogP contribution in [0.5, 0.6) is 0 Å². The molecule has 6 nitrogen and oxygen atoms in total. The van der Waals surface area contributed by atoms with Crippen LogP contribution in [0.4, 0.5) is 11.4 Å². The third-order valence-electron chi connectivity index (χ3n) is 5.94. The number of benzene rings is 2. The van der Waals surface area contributed by atoms with Crippen LogP contribution in [0.1, 0.15) is 32.1 Å². The Morgan fingerprint density at radius 1 is 1.10 bits per heavy atom. The monoisotopic (exact) mass is 433 g/mol. The third kappa shape index (κ3) is 4.05. The van der Waals surface area contributed by atoms with Crippen LogP contribution in [0.2, 0.25) is 0 Å². The van der Waals surface area contributed by atoms with Gasteiger partial charge < -0.3 is 8.98 Å². The molecule has 0 bridgehead atoms. The Morgan fingerprint density at radius 2 is 1.87 bits per heavy atom. The molecule has 5 rings (SSSR count). The first-order chi connectivity index (χ1) is 15.2. The van der Waals surface area contributed by atoms with Gasteiger partial charge in [0.1, 0.15) is 11.3 Å². The maximum Gasteiger partial charge on any atom is 0.294 e. The molecular weight excluding hydrogens is 410 g/mol. The van der Waals surface area contributed by atoms with Crippen LogP contribution in [0, 0.1) is 16.0 Å². The van der Waals surface area contributed by atoms with Crippen molar-refractivity contribution >= 4 is 33.7 Å². The van der Waals surface area contributed by atoms with Gasteiger partial charge in [-0.05, 0) is 37.0 Å². The van der Waals surface area contributed by atoms with E-state index in [1.165, 1.54) is 49.5 Å². The molecule has 7 heteroatoms. The van der Waals surface area contributed by atoms with Crippen molar-refractivity contribution < 1.29 is 9.34 Å². The van der Waals surface area contributed by atoms with Crippen LogP contribution in [-0.4, -0.2) is 9.49 Å². The molecule has 4 aromatic rings. The topological polar surface area (TPSA) is 73.6 Å². The first kappa shape index (κ1) is 19.8. The molecule has 0 N–H and O–H groups in total. The van der Waals surface area contributed by atoms with E-state index in [0.29, 0.717) is 11.6 Å². The largest absolute Gasteiger partial charge is 0.454 e. The van der Waals surface area contributed by atoms with Crippen LogP contribution in [0.25, 0.3) is 22.4 Å². The van der Waals surface area contributed by atoms with Crippen molar-refractivity contribution in [2.75, 3.05) is 0 Å². The summed E-state index contributed by atoms with van der Waals surface area (Å²) in [4.78, 5) is 16.6. The SMILES string of the molecule is O=[N+]([O-])c1ccccc1N=c1scc(-c2cc3ccccc3o2)n1CC1CCCCC1. The molecule has 2 aromatic heterocycles. The molecule has 158 valence electrons. The van der Waals surface area contributed by atoms with Gasteiger partial charge in [-0.15, -0.1) is 11.3 Å². The lowest BCUT2D eigenvalue weighted by Crippen LogP contribution is -2.22. The number of hydrogen-bond acceptors (Lipinski definition) is 5. The molecule has 1 aliphatic carbocycles. The Balaban J connectivity index is 1.64. The van der Waals surface area contributed by atoms with Gasteiger partial charge in [0.25, 0.3) is 5.69 Å². The number of furan rings is 1. The van der Waals surface area contributed by atoms with E-state index in [9.17, 15) is 10.1 Å². The van der Waals surface area contributed by atoms with E-state index >= 15 is 0 Å². The van der Waals surface area contributed by atoms with Gasteiger partial charge in [-0.2, -0.15) is 0 Å². The molecule has 0 saturated heterocycles. The first-order valence-corrected chi connectivity index (χ1v) is 11.5. The summed E-state index contributed by atoms with van der Waals surface area (Å²) in [5, 5.41) is 14.6. The molecule has 2 aromatic carbocycles. The lowest BCUT2D eigenvalue weighted by atomic mass is 9.89. The van der Waals surface area contributed by atoms with E-state index in [1.807, 2.05) is 29.6 Å². The van der Waals surface area contributed by atoms with Crippen molar-refractivity contribution in [3.05, 3.63) is 74.9 Å². The predicted molar refractivity (Wildman–Crippen MR) is 122 cm³/mol. The van der Waals surface area contributed by atoms with Crippen molar-refractivity contribution in [2.45, 2.75) is 38.6 Å². The number of fused-ring (bicyclic) bond motifs is 1. The number of nitro benzene ring substituents is 1. The average molecular weight is 434 g/mol. The molecule has 0 unspecified atom stereocenters. The Hall–Kier alpha value is -3.19. The van der Waals surface area contributed by atoms with E-state index in [2.05, 4.69) is 10.6 Å². The van der Waals surface area contributed by atoms with Crippen LogP contribution >= 0.6 is 11.3 Å². The van der Waals surface area contributed by atoms with Crippen molar-refractivity contribution in [2.24, 2.45) is 10.9 Å². The lowest BCUT2D eigenvalue weighted by Gasteiger charge is -2.22. The molecule has 0 amide bonds. The number of nitro groups is 1. The van der Waals surface area contributed by atoms with Crippen LogP contribution in [0.15, 0.2) is 69.4 Å². The number of thiazole rings is 1. The summed E-state index contributed by atoms with van der Waals surface area (Å²) in [5.74, 6) is 1.38. The Kier molecular flexibility index (Phi) is 5.42. The Bertz CT molecular complexity index is 1260. The van der Waals surface area contributed by atoms with Crippen LogP contribution < -0.4 is 4.80 Å². The van der Waals surface area contributed by atoms with Crippen molar-refractivity contribution in [3.63, 3.8) is 0 Å². The molecule has 0 spiro atoms. The zero-order valence-electron chi connectivity index (χ0n) is 17.1. The van der Waals surface area contributed by atoms with Gasteiger partial charge in [-0.1, -0.05) is 49.6 Å². The van der Waals surface area contributed by atoms with Gasteiger partial charge in [0.2, 0.25) is 0 Å². The normalized spacial score (nSPS) is 15.5. The zero-order valence-corrected chi connectivity index (χ0v) is 17.9. The summed E-state index contributed by atoms with van der Waals surface area (Å²) >= 11 is 1.50. The summed E-state index contributed by atoms with van der Waals surface area (Å²) in [6, 6.07) is 16.7. The van der Waals surface area contributed by atoms with Gasteiger partial charge in [0.05, 0.1) is 10.6 Å². The molecule has 0 atom stereocenters. The smallest absolute Gasteiger partial charge is 0.294 e. The highest BCUT2D eigenvalue weighted by Gasteiger charge is 2.20. The van der Waals surface area contributed by atoms with Gasteiger partial charge in [-0.25, -0.2) is 4.99 Å². The number of hydrogen-bond donors (Lipinski definition) is 0. The zero-order chi connectivity index (χ0) is 21.2. The van der Waals surface area contributed by atoms with E-state index in [-0.39, 0.29) is 10.6 Å². The highest BCUT2D eigenvalue weighted by atomic mass is 32.1. The standard InChI is InChI=1S/C24H23N3O3S/c28-27(29)20-12-6-5-11-19(20)25-24-26(15-17-8-2-1-3-9-17)21(16-31-24)23-14-18-10-4-7-13-22(18)30-23/h4-7,10-14,16-17H,1-3,8-9,15H2. The molecule has 1 saturated carbocycles. The number of aromatic nitrogens is 1. The number of para-hydroxylation sites is 3. The van der Waals surface area contributed by atoms with Crippen molar-refractivity contribution in [1.82, 2.24) is 4.57 Å². The quantitative estimate of drug-likeness (QED) is 0.260. The highest BCUT2D eigenvalue weighted by molar-refractivity contribution is 7.07. The predicted octanol–water partition coefficient (Wildman–Crippen LogP) is 6.68. The van der Waals surface area contributed by atoms with Crippen molar-refractivity contribution in [1.29, 1.82) is 0 Å². The number of rotatable bonds is 5. The molecule has 2 heterocycles. The Labute approximate surface area is 183 Å². The van der Waals surface area contributed by atoms with E-state index < -0.39 is 0 Å². The van der Waals surface area contributed by atoms with E-state index in [0.717, 1.165) is 33.8 Å². The van der Waals surface area contributed by atoms with Crippen LogP contribution in [-0.2, 0) is 6.54 Å². The maximum atomic E-state index is 11.5. The second-order valence-electron chi connectivity index (χ2n) is 8.02. The summed E-state index contributed by atoms with van der Waals surface area (Å²) in [6.07, 6.45) is 6.22. The molecule has 0 aliphatic heterocycles. The summed E-state index contributed by atoms with van der Waals surface area (Å²) < 4.78 is 8.33. The second kappa shape index (κ2) is 8.51. The minimum absolute atomic E-state index is 0.0189. The Morgan fingerprint density at radius 3 is 2.68 bits per heavy atom. The van der Waals surface area contributed by atoms with E-state index in [4.69, 9.17) is 9.41 Å². The lowest BCUT2D eigenvalue weighted by molar-refractivity contribution is -0.384. The average Bonchev–Trinajstić information content (AvgIpc) is 3.39. The van der Waals surface area contributed by atoms with E-state index in [1.54, 1.807) is 18.2 Å². The minimum Gasteiger partial charge on any atom is -0.454 e. The van der Waals surface area contributed by atoms with Gasteiger partial charge in [-0.3, -0.25) is 10.1 Å². The van der Waals surface area contributed by atoms with Gasteiger partial charge >= 0.3 is 0 Å². The fourth-order valence-electron chi connectivity index (χ4n) is 4.35.